The Morgan fingerprint density at radius 2 is 1.71 bits per heavy atom. The fourth-order valence-corrected chi connectivity index (χ4v) is 6.35. The lowest BCUT2D eigenvalue weighted by Gasteiger charge is -2.27. The van der Waals surface area contributed by atoms with Crippen molar-refractivity contribution in [1.82, 2.24) is 36.7 Å². The Labute approximate surface area is 319 Å². The number of hydrogen-bond donors (Lipinski definition) is 5. The number of nitrogens with one attached hydrogen (secondary N) is 5. The Kier molecular flexibility index (Phi) is 13.8. The predicted octanol–water partition coefficient (Wildman–Crippen LogP) is 2.85. The van der Waals surface area contributed by atoms with Gasteiger partial charge in [0.1, 0.15) is 18.1 Å². The number of aromatic nitrogens is 2. The minimum Gasteiger partial charge on any atom is -0.493 e. The number of fused-ring (bicyclic) bond motifs is 3. The lowest BCUT2D eigenvalue weighted by Crippen LogP contribution is -2.58. The van der Waals surface area contributed by atoms with Gasteiger partial charge in [-0.15, -0.1) is 0 Å². The summed E-state index contributed by atoms with van der Waals surface area (Å²) in [7, 11) is 1.51. The molecule has 1 aliphatic heterocycles. The lowest BCUT2D eigenvalue weighted by atomic mass is 10.00. The maximum atomic E-state index is 14.2. The molecule has 5 N–H and O–H groups in total. The summed E-state index contributed by atoms with van der Waals surface area (Å²) in [6, 6.07) is 13.1. The van der Waals surface area contributed by atoms with Crippen molar-refractivity contribution in [2.24, 2.45) is 5.92 Å². The molecular weight excluding hydrogens is 706 g/mol. The number of nitrogens with zero attached hydrogens (tertiary/aromatic N) is 2. The number of ether oxygens (including phenoxy) is 2. The SMILES string of the molecule is COc1ccc2cc1OCC(=O)NCCC[C@H](NC(=O)c1cc(C)nc3onc(C)c13)C(=O)N[C@@H](Cc1ccccc1)C(=O)N[C@H](C(C)C)C(=O)NCCC2. The van der Waals surface area contributed by atoms with Gasteiger partial charge < -0.3 is 40.6 Å². The van der Waals surface area contributed by atoms with Gasteiger partial charge in [0.15, 0.2) is 18.1 Å². The average molecular weight is 756 g/mol. The van der Waals surface area contributed by atoms with E-state index in [9.17, 15) is 24.0 Å². The van der Waals surface area contributed by atoms with Crippen LogP contribution in [-0.4, -0.2) is 84.6 Å². The van der Waals surface area contributed by atoms with E-state index in [1.807, 2.05) is 50.2 Å². The molecule has 0 aliphatic carbocycles. The van der Waals surface area contributed by atoms with Crippen molar-refractivity contribution < 1.29 is 38.0 Å². The van der Waals surface area contributed by atoms with E-state index in [1.54, 1.807) is 32.0 Å². The number of pyridine rings is 1. The Balaban J connectivity index is 1.43. The smallest absolute Gasteiger partial charge is 0.258 e. The van der Waals surface area contributed by atoms with E-state index in [0.717, 1.165) is 11.1 Å². The van der Waals surface area contributed by atoms with E-state index in [0.29, 0.717) is 47.7 Å². The van der Waals surface area contributed by atoms with E-state index in [4.69, 9.17) is 14.0 Å². The van der Waals surface area contributed by atoms with Gasteiger partial charge in [0.05, 0.1) is 23.8 Å². The largest absolute Gasteiger partial charge is 0.493 e. The summed E-state index contributed by atoms with van der Waals surface area (Å²) in [4.78, 5) is 72.6. The molecule has 0 radical (unpaired) electrons. The molecule has 2 aromatic carbocycles. The first-order valence-electron chi connectivity index (χ1n) is 18.5. The van der Waals surface area contributed by atoms with Crippen molar-refractivity contribution in [3.63, 3.8) is 0 Å². The molecule has 4 aromatic rings. The van der Waals surface area contributed by atoms with Gasteiger partial charge >= 0.3 is 0 Å². The third-order valence-corrected chi connectivity index (χ3v) is 9.29. The number of rotatable bonds is 6. The van der Waals surface area contributed by atoms with Crippen molar-refractivity contribution in [3.8, 4) is 11.5 Å². The number of benzene rings is 2. The van der Waals surface area contributed by atoms with Crippen LogP contribution in [0.2, 0.25) is 0 Å². The zero-order chi connectivity index (χ0) is 39.5. The Morgan fingerprint density at radius 1 is 0.945 bits per heavy atom. The molecule has 5 rings (SSSR count). The highest BCUT2D eigenvalue weighted by Crippen LogP contribution is 2.28. The van der Waals surface area contributed by atoms with Crippen LogP contribution in [0.3, 0.4) is 0 Å². The average Bonchev–Trinajstić information content (AvgIpc) is 3.54. The van der Waals surface area contributed by atoms with Crippen molar-refractivity contribution in [2.45, 2.75) is 77.9 Å². The molecule has 0 unspecified atom stereocenters. The fraction of sp³-hybridized carbons (Fsp3) is 0.425. The third kappa shape index (κ3) is 10.8. The van der Waals surface area contributed by atoms with Crippen molar-refractivity contribution in [1.29, 1.82) is 0 Å². The Morgan fingerprint density at radius 3 is 2.45 bits per heavy atom. The van der Waals surface area contributed by atoms with Crippen molar-refractivity contribution in [3.05, 3.63) is 82.7 Å². The highest BCUT2D eigenvalue weighted by atomic mass is 16.5. The van der Waals surface area contributed by atoms with Gasteiger partial charge in [-0.25, -0.2) is 4.98 Å². The number of hydrogen-bond acceptors (Lipinski definition) is 10. The number of carbonyl (C=O) groups excluding carboxylic acids is 5. The van der Waals surface area contributed by atoms with Gasteiger partial charge in [0.2, 0.25) is 17.7 Å². The molecule has 5 amide bonds. The van der Waals surface area contributed by atoms with E-state index in [2.05, 4.69) is 36.7 Å². The summed E-state index contributed by atoms with van der Waals surface area (Å²) in [5, 5.41) is 18.7. The van der Waals surface area contributed by atoms with Crippen LogP contribution in [0.25, 0.3) is 11.1 Å². The van der Waals surface area contributed by atoms with Gasteiger partial charge in [-0.1, -0.05) is 55.4 Å². The number of aryl methyl sites for hydroxylation is 3. The van der Waals surface area contributed by atoms with Crippen LogP contribution in [0.15, 0.2) is 59.1 Å². The molecule has 15 nitrogen and oxygen atoms in total. The minimum absolute atomic E-state index is 0.0983. The molecule has 292 valence electrons. The van der Waals surface area contributed by atoms with Gasteiger partial charge in [0, 0.05) is 25.2 Å². The number of carbonyl (C=O) groups is 5. The monoisotopic (exact) mass is 755 g/mol. The molecular formula is C40H49N7O8. The zero-order valence-corrected chi connectivity index (χ0v) is 31.8. The lowest BCUT2D eigenvalue weighted by molar-refractivity contribution is -0.133. The summed E-state index contributed by atoms with van der Waals surface area (Å²) >= 11 is 0. The van der Waals surface area contributed by atoms with Crippen LogP contribution in [0.1, 0.15) is 66.0 Å². The summed E-state index contributed by atoms with van der Waals surface area (Å²) in [6.45, 7) is 7.29. The molecule has 0 saturated carbocycles. The van der Waals surface area contributed by atoms with Crippen LogP contribution >= 0.6 is 0 Å². The number of amides is 5. The number of methoxy groups -OCH3 is 1. The highest BCUT2D eigenvalue weighted by molar-refractivity contribution is 6.07. The zero-order valence-electron chi connectivity index (χ0n) is 31.8. The summed E-state index contributed by atoms with van der Waals surface area (Å²) in [5.41, 5.74) is 3.08. The molecule has 2 bridgehead atoms. The maximum Gasteiger partial charge on any atom is 0.258 e. The third-order valence-electron chi connectivity index (χ3n) is 9.29. The molecule has 0 fully saturated rings. The van der Waals surface area contributed by atoms with Gasteiger partial charge in [-0.3, -0.25) is 24.0 Å². The van der Waals surface area contributed by atoms with E-state index >= 15 is 0 Å². The van der Waals surface area contributed by atoms with Crippen LogP contribution in [-0.2, 0) is 32.0 Å². The van der Waals surface area contributed by atoms with Gasteiger partial charge in [0.25, 0.3) is 17.5 Å². The highest BCUT2D eigenvalue weighted by Gasteiger charge is 2.32. The molecule has 0 saturated heterocycles. The normalized spacial score (nSPS) is 19.5. The first kappa shape index (κ1) is 40.2. The molecule has 0 spiro atoms. The molecule has 3 heterocycles. The molecule has 15 heteroatoms. The molecule has 55 heavy (non-hydrogen) atoms. The predicted molar refractivity (Wildman–Crippen MR) is 203 cm³/mol. The first-order chi connectivity index (χ1) is 26.4. The van der Waals surface area contributed by atoms with E-state index < -0.39 is 35.8 Å². The topological polar surface area (TPSA) is 203 Å². The first-order valence-corrected chi connectivity index (χ1v) is 18.5. The van der Waals surface area contributed by atoms with E-state index in [-0.39, 0.29) is 61.4 Å². The summed E-state index contributed by atoms with van der Waals surface area (Å²) in [5.74, 6) is -1.90. The van der Waals surface area contributed by atoms with Crippen molar-refractivity contribution >= 4 is 40.6 Å². The summed E-state index contributed by atoms with van der Waals surface area (Å²) in [6.07, 6.45) is 1.71. The van der Waals surface area contributed by atoms with Crippen molar-refractivity contribution in [2.75, 3.05) is 26.8 Å². The van der Waals surface area contributed by atoms with Crippen LogP contribution in [0.4, 0.5) is 0 Å². The maximum absolute atomic E-state index is 14.2. The summed E-state index contributed by atoms with van der Waals surface area (Å²) < 4.78 is 16.6. The Bertz CT molecular complexity index is 2000. The second-order valence-electron chi connectivity index (χ2n) is 13.9. The Hall–Kier alpha value is -5.99. The van der Waals surface area contributed by atoms with E-state index in [1.165, 1.54) is 7.11 Å². The van der Waals surface area contributed by atoms with Gasteiger partial charge in [-0.2, -0.15) is 0 Å². The van der Waals surface area contributed by atoms with Gasteiger partial charge in [-0.05, 0) is 74.8 Å². The molecule has 3 atom stereocenters. The van der Waals surface area contributed by atoms with Crippen LogP contribution in [0.5, 0.6) is 11.5 Å². The van der Waals surface area contributed by atoms with Crippen LogP contribution < -0.4 is 36.1 Å². The molecule has 1 aliphatic rings. The van der Waals surface area contributed by atoms with Crippen LogP contribution in [0, 0.1) is 19.8 Å². The second kappa shape index (κ2) is 18.9. The standard InChI is InChI=1S/C40H49N7O8/c1-23(2)35-39(52)42-18-9-13-27-15-16-31(53-5)32(21-27)54-22-33(48)41-17-10-14-29(37(50)45-30(38(51)46-35)20-26-11-7-6-8-12-26)44-36(49)28-19-24(3)43-40-34(28)25(4)47-55-40/h6-8,11-12,15-16,19,21,23,29-30,35H,9-10,13-14,17-18,20,22H2,1-5H3,(H,41,48)(H,42,52)(H,44,49)(H,45,50)(H,46,51)/t29-,30-,35+/m0/s1. The fourth-order valence-electron chi connectivity index (χ4n) is 6.35. The molecule has 2 aromatic heterocycles. The second-order valence-corrected chi connectivity index (χ2v) is 13.9. The minimum atomic E-state index is -1.13. The quantitative estimate of drug-likeness (QED) is 0.195.